The van der Waals surface area contributed by atoms with Crippen molar-refractivity contribution in [3.8, 4) is 5.75 Å². The number of nitrogens with zero attached hydrogens (tertiary/aromatic N) is 1. The number of guanidine groups is 1. The SMILES string of the molecule is COC(=O)CCCCCCCN=C(N)Nc1ccc(OC)c(Cl)c1.I. The first-order valence-electron chi connectivity index (χ1n) is 8.04. The third kappa shape index (κ3) is 10.4. The first-order valence-corrected chi connectivity index (χ1v) is 8.42. The highest BCUT2D eigenvalue weighted by Crippen LogP contribution is 2.26. The Morgan fingerprint density at radius 3 is 2.52 bits per heavy atom. The van der Waals surface area contributed by atoms with Crippen molar-refractivity contribution in [1.29, 1.82) is 0 Å². The molecule has 6 nitrogen and oxygen atoms in total. The first-order chi connectivity index (χ1) is 11.6. The number of hydrogen-bond donors (Lipinski definition) is 2. The summed E-state index contributed by atoms with van der Waals surface area (Å²) in [6.45, 7) is 0.666. The Bertz CT molecular complexity index is 556. The molecule has 0 aliphatic rings. The van der Waals surface area contributed by atoms with Gasteiger partial charge in [0.25, 0.3) is 0 Å². The summed E-state index contributed by atoms with van der Waals surface area (Å²) in [6.07, 6.45) is 5.49. The van der Waals surface area contributed by atoms with Gasteiger partial charge in [0, 0.05) is 18.7 Å². The second kappa shape index (κ2) is 14.0. The van der Waals surface area contributed by atoms with E-state index < -0.39 is 0 Å². The second-order valence-corrected chi connectivity index (χ2v) is 5.74. The van der Waals surface area contributed by atoms with Crippen LogP contribution in [0.25, 0.3) is 0 Å². The molecule has 0 fully saturated rings. The highest BCUT2D eigenvalue weighted by molar-refractivity contribution is 14.0. The van der Waals surface area contributed by atoms with Crippen LogP contribution in [0.4, 0.5) is 5.69 Å². The molecule has 1 aromatic rings. The Hall–Kier alpha value is -1.22. The van der Waals surface area contributed by atoms with Crippen molar-refractivity contribution in [2.75, 3.05) is 26.1 Å². The zero-order chi connectivity index (χ0) is 17.8. The number of unbranched alkanes of at least 4 members (excludes halogenated alkanes) is 4. The van der Waals surface area contributed by atoms with Gasteiger partial charge in [0.2, 0.25) is 0 Å². The highest BCUT2D eigenvalue weighted by Gasteiger charge is 2.02. The molecule has 0 unspecified atom stereocenters. The van der Waals surface area contributed by atoms with Gasteiger partial charge in [-0.1, -0.05) is 30.9 Å². The Kier molecular flexibility index (Phi) is 13.3. The Morgan fingerprint density at radius 1 is 1.20 bits per heavy atom. The minimum Gasteiger partial charge on any atom is -0.495 e. The number of ether oxygens (including phenoxy) is 2. The number of halogens is 2. The van der Waals surface area contributed by atoms with Gasteiger partial charge in [0.1, 0.15) is 5.75 Å². The van der Waals surface area contributed by atoms with E-state index >= 15 is 0 Å². The molecule has 0 bridgehead atoms. The number of anilines is 1. The van der Waals surface area contributed by atoms with Crippen molar-refractivity contribution in [3.05, 3.63) is 23.2 Å². The topological polar surface area (TPSA) is 85.9 Å². The van der Waals surface area contributed by atoms with E-state index in [0.29, 0.717) is 29.7 Å². The molecule has 0 radical (unpaired) electrons. The molecule has 0 saturated heterocycles. The number of benzene rings is 1. The molecule has 0 aliphatic carbocycles. The quantitative estimate of drug-likeness (QED) is 0.171. The Balaban J connectivity index is 0.00000576. The number of carbonyl (C=O) groups is 1. The van der Waals surface area contributed by atoms with Gasteiger partial charge in [-0.25, -0.2) is 0 Å². The molecule has 25 heavy (non-hydrogen) atoms. The molecule has 0 amide bonds. The van der Waals surface area contributed by atoms with E-state index in [9.17, 15) is 4.79 Å². The van der Waals surface area contributed by atoms with Crippen LogP contribution >= 0.6 is 35.6 Å². The molecule has 1 aromatic carbocycles. The summed E-state index contributed by atoms with van der Waals surface area (Å²) in [7, 11) is 2.98. The van der Waals surface area contributed by atoms with Gasteiger partial charge in [0.05, 0.1) is 19.2 Å². The third-order valence-corrected chi connectivity index (χ3v) is 3.77. The summed E-state index contributed by atoms with van der Waals surface area (Å²) in [5, 5.41) is 3.52. The molecule has 0 atom stereocenters. The maximum Gasteiger partial charge on any atom is 0.305 e. The molecule has 8 heteroatoms. The van der Waals surface area contributed by atoms with Crippen LogP contribution < -0.4 is 15.8 Å². The average molecular weight is 484 g/mol. The predicted octanol–water partition coefficient (Wildman–Crippen LogP) is 4.21. The predicted molar refractivity (Wildman–Crippen MR) is 113 cm³/mol. The molecule has 142 valence electrons. The summed E-state index contributed by atoms with van der Waals surface area (Å²) in [4.78, 5) is 15.2. The van der Waals surface area contributed by atoms with E-state index in [1.54, 1.807) is 19.2 Å². The standard InChI is InChI=1S/C17H26ClN3O3.HI/c1-23-15-10-9-13(12-14(15)18)21-17(19)20-11-7-5-3-4-6-8-16(22)24-2;/h9-10,12H,3-8,11H2,1-2H3,(H3,19,20,21);1H. The highest BCUT2D eigenvalue weighted by atomic mass is 127. The van der Waals surface area contributed by atoms with E-state index in [-0.39, 0.29) is 29.9 Å². The van der Waals surface area contributed by atoms with Crippen LogP contribution in [-0.4, -0.2) is 32.7 Å². The Labute approximate surface area is 171 Å². The van der Waals surface area contributed by atoms with Crippen LogP contribution in [-0.2, 0) is 9.53 Å². The molecular formula is C17H27ClIN3O3. The molecular weight excluding hydrogens is 457 g/mol. The van der Waals surface area contributed by atoms with Crippen LogP contribution in [0.5, 0.6) is 5.75 Å². The zero-order valence-electron chi connectivity index (χ0n) is 14.7. The molecule has 1 rings (SSSR count). The lowest BCUT2D eigenvalue weighted by Crippen LogP contribution is -2.22. The number of hydrogen-bond acceptors (Lipinski definition) is 4. The molecule has 0 heterocycles. The van der Waals surface area contributed by atoms with Crippen LogP contribution in [0.2, 0.25) is 5.02 Å². The fourth-order valence-electron chi connectivity index (χ4n) is 2.14. The maximum atomic E-state index is 11.0. The Morgan fingerprint density at radius 2 is 1.88 bits per heavy atom. The monoisotopic (exact) mass is 483 g/mol. The lowest BCUT2D eigenvalue weighted by Gasteiger charge is -2.08. The lowest BCUT2D eigenvalue weighted by atomic mass is 10.1. The van der Waals surface area contributed by atoms with E-state index in [1.807, 2.05) is 6.07 Å². The van der Waals surface area contributed by atoms with Crippen LogP contribution in [0, 0.1) is 0 Å². The summed E-state index contributed by atoms with van der Waals surface area (Å²) < 4.78 is 9.70. The van der Waals surface area contributed by atoms with Crippen LogP contribution in [0.3, 0.4) is 0 Å². The fraction of sp³-hybridized carbons (Fsp3) is 0.529. The van der Waals surface area contributed by atoms with Gasteiger partial charge < -0.3 is 20.5 Å². The van der Waals surface area contributed by atoms with E-state index in [2.05, 4.69) is 15.0 Å². The van der Waals surface area contributed by atoms with Gasteiger partial charge in [-0.3, -0.25) is 9.79 Å². The van der Waals surface area contributed by atoms with Gasteiger partial charge in [-0.05, 0) is 31.0 Å². The minimum atomic E-state index is -0.142. The maximum absolute atomic E-state index is 11.0. The van der Waals surface area contributed by atoms with Gasteiger partial charge in [0.15, 0.2) is 5.96 Å². The third-order valence-electron chi connectivity index (χ3n) is 3.47. The minimum absolute atomic E-state index is 0. The summed E-state index contributed by atoms with van der Waals surface area (Å²) in [5.41, 5.74) is 6.62. The number of nitrogens with two attached hydrogens (primary N) is 1. The zero-order valence-corrected chi connectivity index (χ0v) is 17.8. The molecule has 0 aromatic heterocycles. The number of nitrogens with one attached hydrogen (secondary N) is 1. The van der Waals surface area contributed by atoms with Crippen molar-refractivity contribution < 1.29 is 14.3 Å². The van der Waals surface area contributed by atoms with Crippen LogP contribution in [0.15, 0.2) is 23.2 Å². The van der Waals surface area contributed by atoms with Gasteiger partial charge >= 0.3 is 5.97 Å². The smallest absolute Gasteiger partial charge is 0.305 e. The molecule has 0 spiro atoms. The fourth-order valence-corrected chi connectivity index (χ4v) is 2.40. The van der Waals surface area contributed by atoms with E-state index in [1.165, 1.54) is 7.11 Å². The van der Waals surface area contributed by atoms with E-state index in [0.717, 1.165) is 37.8 Å². The summed E-state index contributed by atoms with van der Waals surface area (Å²) in [6, 6.07) is 5.34. The number of methoxy groups -OCH3 is 2. The van der Waals surface area contributed by atoms with Crippen LogP contribution in [0.1, 0.15) is 38.5 Å². The number of aliphatic imine (C=N–C) groups is 1. The molecule has 0 aliphatic heterocycles. The van der Waals surface area contributed by atoms with Crippen molar-refractivity contribution in [2.24, 2.45) is 10.7 Å². The normalized spacial score (nSPS) is 10.8. The van der Waals surface area contributed by atoms with Gasteiger partial charge in [-0.15, -0.1) is 24.0 Å². The second-order valence-electron chi connectivity index (χ2n) is 5.34. The number of carbonyl (C=O) groups excluding carboxylic acids is 1. The van der Waals surface area contributed by atoms with Crippen molar-refractivity contribution in [1.82, 2.24) is 0 Å². The number of rotatable bonds is 10. The number of esters is 1. The molecule has 0 saturated carbocycles. The summed E-state index contributed by atoms with van der Waals surface area (Å²) in [5.74, 6) is 0.837. The van der Waals surface area contributed by atoms with E-state index in [4.69, 9.17) is 22.1 Å². The van der Waals surface area contributed by atoms with Crippen molar-refractivity contribution in [3.63, 3.8) is 0 Å². The van der Waals surface area contributed by atoms with Gasteiger partial charge in [-0.2, -0.15) is 0 Å². The van der Waals surface area contributed by atoms with Crippen molar-refractivity contribution in [2.45, 2.75) is 38.5 Å². The average Bonchev–Trinajstić information content (AvgIpc) is 2.57. The lowest BCUT2D eigenvalue weighted by molar-refractivity contribution is -0.140. The van der Waals surface area contributed by atoms with Crippen molar-refractivity contribution >= 4 is 53.2 Å². The molecule has 3 N–H and O–H groups in total. The summed E-state index contributed by atoms with van der Waals surface area (Å²) >= 11 is 6.05. The largest absolute Gasteiger partial charge is 0.495 e. The first kappa shape index (κ1) is 23.8.